The van der Waals surface area contributed by atoms with Gasteiger partial charge in [-0.25, -0.2) is 0 Å². The van der Waals surface area contributed by atoms with Crippen molar-refractivity contribution in [2.45, 2.75) is 4.90 Å². The third-order valence-corrected chi connectivity index (χ3v) is 2.70. The van der Waals surface area contributed by atoms with Crippen LogP contribution < -0.4 is 0 Å². The predicted molar refractivity (Wildman–Crippen MR) is 46.7 cm³/mol. The molecule has 0 aliphatic heterocycles. The molecule has 0 fully saturated rings. The molecule has 13 heavy (non-hydrogen) atoms. The van der Waals surface area contributed by atoms with Crippen LogP contribution in [0.4, 0.5) is 0 Å². The van der Waals surface area contributed by atoms with Gasteiger partial charge in [-0.3, -0.25) is 9.35 Å². The van der Waals surface area contributed by atoms with Crippen molar-refractivity contribution in [3.8, 4) is 0 Å². The zero-order chi connectivity index (χ0) is 10.1. The van der Waals surface area contributed by atoms with Gasteiger partial charge in [0.25, 0.3) is 10.1 Å². The molecule has 0 spiro atoms. The van der Waals surface area contributed by atoms with Gasteiger partial charge in [0.15, 0.2) is 0 Å². The van der Waals surface area contributed by atoms with Crippen molar-refractivity contribution in [2.75, 3.05) is 0 Å². The molecule has 1 aromatic carbocycles. The van der Waals surface area contributed by atoms with Gasteiger partial charge in [0.1, 0.15) is 11.2 Å². The standard InChI is InChI=1S/C7H5ClO4S/c8-6-2-1-5(4-9)3-7(6)13(10,11)12/h1-4H,(H,10,11,12). The highest BCUT2D eigenvalue weighted by atomic mass is 35.5. The molecule has 0 saturated carbocycles. The molecule has 0 aromatic heterocycles. The second kappa shape index (κ2) is 3.45. The fourth-order valence-corrected chi connectivity index (χ4v) is 1.80. The van der Waals surface area contributed by atoms with E-state index in [1.165, 1.54) is 12.1 Å². The lowest BCUT2D eigenvalue weighted by Crippen LogP contribution is -1.99. The van der Waals surface area contributed by atoms with Crippen LogP contribution in [0, 0.1) is 0 Å². The maximum Gasteiger partial charge on any atom is 0.296 e. The highest BCUT2D eigenvalue weighted by Crippen LogP contribution is 2.21. The van der Waals surface area contributed by atoms with Crippen molar-refractivity contribution in [3.63, 3.8) is 0 Å². The van der Waals surface area contributed by atoms with E-state index in [4.69, 9.17) is 16.2 Å². The summed E-state index contributed by atoms with van der Waals surface area (Å²) in [7, 11) is -4.36. The Bertz CT molecular complexity index is 438. The third-order valence-electron chi connectivity index (χ3n) is 1.37. The van der Waals surface area contributed by atoms with E-state index < -0.39 is 15.0 Å². The zero-order valence-corrected chi connectivity index (χ0v) is 7.84. The van der Waals surface area contributed by atoms with Gasteiger partial charge in [0.05, 0.1) is 5.02 Å². The average Bonchev–Trinajstić information content (AvgIpc) is 2.03. The van der Waals surface area contributed by atoms with E-state index in [1.807, 2.05) is 0 Å². The topological polar surface area (TPSA) is 71.4 Å². The molecule has 4 nitrogen and oxygen atoms in total. The van der Waals surface area contributed by atoms with E-state index in [9.17, 15) is 13.2 Å². The normalized spacial score (nSPS) is 11.2. The lowest BCUT2D eigenvalue weighted by atomic mass is 10.2. The molecule has 0 amide bonds. The van der Waals surface area contributed by atoms with Crippen LogP contribution in [-0.2, 0) is 10.1 Å². The minimum atomic E-state index is -4.36. The fourth-order valence-electron chi connectivity index (χ4n) is 0.791. The SMILES string of the molecule is O=Cc1ccc(Cl)c(S(=O)(=O)O)c1. The molecule has 1 aromatic rings. The van der Waals surface area contributed by atoms with Gasteiger partial charge in [0, 0.05) is 5.56 Å². The third kappa shape index (κ3) is 2.27. The minimum Gasteiger partial charge on any atom is -0.298 e. The van der Waals surface area contributed by atoms with Gasteiger partial charge in [-0.2, -0.15) is 8.42 Å². The summed E-state index contributed by atoms with van der Waals surface area (Å²) >= 11 is 5.48. The molecule has 0 aliphatic rings. The summed E-state index contributed by atoms with van der Waals surface area (Å²) in [5.74, 6) is 0. The first kappa shape index (κ1) is 10.2. The Balaban J connectivity index is 3.44. The number of carbonyl (C=O) groups is 1. The van der Waals surface area contributed by atoms with Crippen LogP contribution in [0.15, 0.2) is 23.1 Å². The first-order valence-corrected chi connectivity index (χ1v) is 4.99. The lowest BCUT2D eigenvalue weighted by Gasteiger charge is -2.00. The van der Waals surface area contributed by atoms with Crippen LogP contribution in [0.5, 0.6) is 0 Å². The Morgan fingerprint density at radius 2 is 2.00 bits per heavy atom. The molecular weight excluding hydrogens is 216 g/mol. The maximum atomic E-state index is 10.7. The molecule has 0 heterocycles. The number of benzene rings is 1. The second-order valence-corrected chi connectivity index (χ2v) is 4.08. The summed E-state index contributed by atoms with van der Waals surface area (Å²) in [5, 5.41) is -0.117. The van der Waals surface area contributed by atoms with Gasteiger partial charge >= 0.3 is 0 Å². The summed E-state index contributed by atoms with van der Waals surface area (Å²) in [6.45, 7) is 0. The summed E-state index contributed by atoms with van der Waals surface area (Å²) in [6, 6.07) is 3.59. The highest BCUT2D eigenvalue weighted by molar-refractivity contribution is 7.86. The minimum absolute atomic E-state index is 0.117. The van der Waals surface area contributed by atoms with Crippen LogP contribution in [-0.4, -0.2) is 19.3 Å². The van der Waals surface area contributed by atoms with Crippen molar-refractivity contribution < 1.29 is 17.8 Å². The molecule has 0 saturated heterocycles. The molecule has 6 heteroatoms. The zero-order valence-electron chi connectivity index (χ0n) is 6.27. The molecule has 1 N–H and O–H groups in total. The Hall–Kier alpha value is -0.910. The molecule has 0 unspecified atom stereocenters. The van der Waals surface area contributed by atoms with Crippen molar-refractivity contribution in [1.29, 1.82) is 0 Å². The summed E-state index contributed by atoms with van der Waals surface area (Å²) in [5.41, 5.74) is 0.136. The molecule has 0 aliphatic carbocycles. The van der Waals surface area contributed by atoms with Gasteiger partial charge in [-0.15, -0.1) is 0 Å². The summed E-state index contributed by atoms with van der Waals surface area (Å²) in [6.07, 6.45) is 0.463. The summed E-state index contributed by atoms with van der Waals surface area (Å²) < 4.78 is 30.0. The quantitative estimate of drug-likeness (QED) is 0.604. The fraction of sp³-hybridized carbons (Fsp3) is 0. The summed E-state index contributed by atoms with van der Waals surface area (Å²) in [4.78, 5) is 9.82. The van der Waals surface area contributed by atoms with Gasteiger partial charge in [0.2, 0.25) is 0 Å². The van der Waals surface area contributed by atoms with Gasteiger partial charge < -0.3 is 0 Å². The van der Waals surface area contributed by atoms with Crippen LogP contribution in [0.25, 0.3) is 0 Å². The van der Waals surface area contributed by atoms with Crippen molar-refractivity contribution >= 4 is 28.0 Å². The van der Waals surface area contributed by atoms with E-state index in [1.54, 1.807) is 0 Å². The van der Waals surface area contributed by atoms with Crippen molar-refractivity contribution in [2.24, 2.45) is 0 Å². The number of aldehydes is 1. The van der Waals surface area contributed by atoms with E-state index in [-0.39, 0.29) is 10.6 Å². The molecule has 0 atom stereocenters. The Kier molecular flexibility index (Phi) is 2.70. The van der Waals surface area contributed by atoms with Crippen LogP contribution in [0.1, 0.15) is 10.4 Å². The molecule has 0 bridgehead atoms. The van der Waals surface area contributed by atoms with Crippen LogP contribution in [0.2, 0.25) is 5.02 Å². The number of hydrogen-bond donors (Lipinski definition) is 1. The first-order chi connectivity index (χ1) is 5.95. The van der Waals surface area contributed by atoms with Gasteiger partial charge in [-0.05, 0) is 12.1 Å². The van der Waals surface area contributed by atoms with E-state index in [0.717, 1.165) is 6.07 Å². The Morgan fingerprint density at radius 1 is 1.38 bits per heavy atom. The number of hydrogen-bond acceptors (Lipinski definition) is 3. The van der Waals surface area contributed by atoms with Crippen molar-refractivity contribution in [1.82, 2.24) is 0 Å². The van der Waals surface area contributed by atoms with E-state index in [0.29, 0.717) is 6.29 Å². The van der Waals surface area contributed by atoms with E-state index in [2.05, 4.69) is 0 Å². The molecule has 1 rings (SSSR count). The molecular formula is C7H5ClO4S. The maximum absolute atomic E-state index is 10.7. The Labute approximate surface area is 79.9 Å². The first-order valence-electron chi connectivity index (χ1n) is 3.17. The number of carbonyl (C=O) groups excluding carboxylic acids is 1. The molecule has 0 radical (unpaired) electrons. The Morgan fingerprint density at radius 3 is 2.46 bits per heavy atom. The second-order valence-electron chi connectivity index (χ2n) is 2.28. The van der Waals surface area contributed by atoms with Crippen LogP contribution in [0.3, 0.4) is 0 Å². The van der Waals surface area contributed by atoms with Gasteiger partial charge in [-0.1, -0.05) is 17.7 Å². The predicted octanol–water partition coefficient (Wildman–Crippen LogP) is 1.40. The number of rotatable bonds is 2. The highest BCUT2D eigenvalue weighted by Gasteiger charge is 2.14. The van der Waals surface area contributed by atoms with Crippen LogP contribution >= 0.6 is 11.6 Å². The van der Waals surface area contributed by atoms with E-state index >= 15 is 0 Å². The average molecular weight is 221 g/mol. The molecule has 70 valence electrons. The number of halogens is 1. The largest absolute Gasteiger partial charge is 0.298 e. The van der Waals surface area contributed by atoms with Crippen molar-refractivity contribution in [3.05, 3.63) is 28.8 Å². The lowest BCUT2D eigenvalue weighted by molar-refractivity contribution is 0.112. The smallest absolute Gasteiger partial charge is 0.296 e. The monoisotopic (exact) mass is 220 g/mol.